The Labute approximate surface area is 118 Å². The van der Waals surface area contributed by atoms with Gasteiger partial charge in [-0.3, -0.25) is 9.36 Å². The van der Waals surface area contributed by atoms with Gasteiger partial charge in [-0.25, -0.2) is 9.37 Å². The van der Waals surface area contributed by atoms with Crippen LogP contribution in [-0.4, -0.2) is 26.4 Å². The highest BCUT2D eigenvalue weighted by Crippen LogP contribution is 2.28. The van der Waals surface area contributed by atoms with Gasteiger partial charge in [0.2, 0.25) is 0 Å². The molecule has 0 aliphatic heterocycles. The number of carboxylic acids is 1. The Kier molecular flexibility index (Phi) is 4.11. The number of imidazole rings is 1. The summed E-state index contributed by atoms with van der Waals surface area (Å²) in [6.45, 7) is 1.75. The molecule has 4 nitrogen and oxygen atoms in total. The molecule has 0 fully saturated rings. The number of hydrogen-bond donors (Lipinski definition) is 1. The second-order valence-electron chi connectivity index (χ2n) is 3.79. The van der Waals surface area contributed by atoms with Gasteiger partial charge in [0.1, 0.15) is 11.5 Å². The molecule has 0 atom stereocenters. The first-order chi connectivity index (χ1) is 8.99. The number of nitrogens with zero attached hydrogens (tertiary/aromatic N) is 2. The van der Waals surface area contributed by atoms with Gasteiger partial charge in [0.15, 0.2) is 5.16 Å². The summed E-state index contributed by atoms with van der Waals surface area (Å²) in [6.07, 6.45) is 1.62. The van der Waals surface area contributed by atoms with Crippen molar-refractivity contribution in [3.05, 3.63) is 40.9 Å². The summed E-state index contributed by atoms with van der Waals surface area (Å²) in [7, 11) is 0. The van der Waals surface area contributed by atoms with Crippen LogP contribution in [0.4, 0.5) is 4.39 Å². The lowest BCUT2D eigenvalue weighted by Crippen LogP contribution is -2.03. The molecule has 1 N–H and O–H groups in total. The molecule has 7 heteroatoms. The maximum Gasteiger partial charge on any atom is 0.313 e. The summed E-state index contributed by atoms with van der Waals surface area (Å²) < 4.78 is 15.3. The smallest absolute Gasteiger partial charge is 0.313 e. The monoisotopic (exact) mass is 300 g/mol. The van der Waals surface area contributed by atoms with Crippen molar-refractivity contribution in [2.45, 2.75) is 12.1 Å². The molecule has 2 aromatic rings. The van der Waals surface area contributed by atoms with Crippen LogP contribution in [0, 0.1) is 12.7 Å². The third-order valence-corrected chi connectivity index (χ3v) is 3.54. The van der Waals surface area contributed by atoms with E-state index < -0.39 is 11.8 Å². The normalized spacial score (nSPS) is 10.7. The number of aromatic nitrogens is 2. The zero-order chi connectivity index (χ0) is 14.0. The Hall–Kier alpha value is -1.53. The quantitative estimate of drug-likeness (QED) is 0.881. The van der Waals surface area contributed by atoms with Crippen LogP contribution in [0.15, 0.2) is 29.6 Å². The molecule has 0 bridgehead atoms. The van der Waals surface area contributed by atoms with Gasteiger partial charge in [-0.15, -0.1) is 0 Å². The number of carbonyl (C=O) groups is 1. The van der Waals surface area contributed by atoms with Crippen LogP contribution in [0.3, 0.4) is 0 Å². The molecule has 19 heavy (non-hydrogen) atoms. The SMILES string of the molecule is Cc1cn(-c2c(F)cccc2Cl)c(SCC(=O)O)n1. The van der Waals surface area contributed by atoms with E-state index >= 15 is 0 Å². The van der Waals surface area contributed by atoms with E-state index in [4.69, 9.17) is 16.7 Å². The molecule has 0 unspecified atom stereocenters. The Bertz CT molecular complexity index is 610. The third kappa shape index (κ3) is 3.08. The fraction of sp³-hybridized carbons (Fsp3) is 0.167. The Morgan fingerprint density at radius 2 is 2.32 bits per heavy atom. The molecular weight excluding hydrogens is 291 g/mol. The van der Waals surface area contributed by atoms with E-state index in [2.05, 4.69) is 4.98 Å². The minimum Gasteiger partial charge on any atom is -0.481 e. The highest BCUT2D eigenvalue weighted by atomic mass is 35.5. The maximum absolute atomic E-state index is 13.9. The summed E-state index contributed by atoms with van der Waals surface area (Å²) in [5.41, 5.74) is 0.838. The second kappa shape index (κ2) is 5.63. The molecule has 1 aromatic carbocycles. The van der Waals surface area contributed by atoms with Crippen LogP contribution in [0.1, 0.15) is 5.69 Å². The third-order valence-electron chi connectivity index (χ3n) is 2.30. The number of aliphatic carboxylic acids is 1. The van der Waals surface area contributed by atoms with Crippen LogP contribution in [0.2, 0.25) is 5.02 Å². The fourth-order valence-electron chi connectivity index (χ4n) is 1.58. The largest absolute Gasteiger partial charge is 0.481 e. The van der Waals surface area contributed by atoms with Gasteiger partial charge in [-0.1, -0.05) is 29.4 Å². The number of thioether (sulfide) groups is 1. The van der Waals surface area contributed by atoms with E-state index in [-0.39, 0.29) is 16.5 Å². The van der Waals surface area contributed by atoms with Gasteiger partial charge in [-0.2, -0.15) is 0 Å². The number of benzene rings is 1. The van der Waals surface area contributed by atoms with Crippen LogP contribution in [0.5, 0.6) is 0 Å². The molecule has 0 radical (unpaired) electrons. The van der Waals surface area contributed by atoms with Gasteiger partial charge in [0.05, 0.1) is 16.5 Å². The fourth-order valence-corrected chi connectivity index (χ4v) is 2.58. The van der Waals surface area contributed by atoms with E-state index in [1.807, 2.05) is 0 Å². The standard InChI is InChI=1S/C12H10ClFN2O2S/c1-7-5-16(12(15-7)19-6-10(17)18)11-8(13)3-2-4-9(11)14/h2-5H,6H2,1H3,(H,17,18). The van der Waals surface area contributed by atoms with Crippen molar-refractivity contribution in [2.75, 3.05) is 5.75 Å². The van der Waals surface area contributed by atoms with Gasteiger partial charge in [0.25, 0.3) is 0 Å². The molecule has 1 heterocycles. The average Bonchev–Trinajstić information content (AvgIpc) is 2.67. The second-order valence-corrected chi connectivity index (χ2v) is 5.14. The summed E-state index contributed by atoms with van der Waals surface area (Å²) >= 11 is 7.01. The van der Waals surface area contributed by atoms with Crippen LogP contribution < -0.4 is 0 Å². The number of aryl methyl sites for hydroxylation is 1. The molecular formula is C12H10ClFN2O2S. The predicted molar refractivity (Wildman–Crippen MR) is 71.6 cm³/mol. The van der Waals surface area contributed by atoms with Crippen molar-refractivity contribution in [1.82, 2.24) is 9.55 Å². The van der Waals surface area contributed by atoms with E-state index in [1.165, 1.54) is 16.7 Å². The minimum atomic E-state index is -0.961. The van der Waals surface area contributed by atoms with E-state index in [9.17, 15) is 9.18 Å². The topological polar surface area (TPSA) is 55.1 Å². The number of carboxylic acid groups (broad SMARTS) is 1. The number of para-hydroxylation sites is 1. The zero-order valence-corrected chi connectivity index (χ0v) is 11.5. The van der Waals surface area contributed by atoms with Gasteiger partial charge >= 0.3 is 5.97 Å². The Morgan fingerprint density at radius 1 is 1.58 bits per heavy atom. The van der Waals surface area contributed by atoms with Crippen molar-refractivity contribution >= 4 is 29.3 Å². The first-order valence-electron chi connectivity index (χ1n) is 5.34. The van der Waals surface area contributed by atoms with Crippen molar-refractivity contribution in [3.8, 4) is 5.69 Å². The lowest BCUT2D eigenvalue weighted by Gasteiger charge is -2.09. The van der Waals surface area contributed by atoms with Crippen molar-refractivity contribution in [2.24, 2.45) is 0 Å². The molecule has 1 aromatic heterocycles. The van der Waals surface area contributed by atoms with Gasteiger partial charge in [-0.05, 0) is 19.1 Å². The minimum absolute atomic E-state index is 0.150. The van der Waals surface area contributed by atoms with Crippen molar-refractivity contribution in [3.63, 3.8) is 0 Å². The lowest BCUT2D eigenvalue weighted by atomic mass is 10.3. The van der Waals surface area contributed by atoms with E-state index in [1.54, 1.807) is 19.2 Å². The number of hydrogen-bond acceptors (Lipinski definition) is 3. The molecule has 2 rings (SSSR count). The summed E-state index contributed by atoms with van der Waals surface area (Å²) in [5.74, 6) is -1.60. The summed E-state index contributed by atoms with van der Waals surface area (Å²) in [5, 5.41) is 9.33. The molecule has 0 saturated carbocycles. The number of rotatable bonds is 4. The van der Waals surface area contributed by atoms with Crippen molar-refractivity contribution in [1.29, 1.82) is 0 Å². The molecule has 100 valence electrons. The average molecular weight is 301 g/mol. The maximum atomic E-state index is 13.9. The number of halogens is 2. The Morgan fingerprint density at radius 3 is 2.95 bits per heavy atom. The molecule has 0 aliphatic carbocycles. The highest BCUT2D eigenvalue weighted by Gasteiger charge is 2.15. The zero-order valence-electron chi connectivity index (χ0n) is 9.93. The van der Waals surface area contributed by atoms with E-state index in [0.717, 1.165) is 11.8 Å². The molecule has 0 aliphatic rings. The molecule has 0 spiro atoms. The van der Waals surface area contributed by atoms with Gasteiger partial charge in [0, 0.05) is 6.20 Å². The van der Waals surface area contributed by atoms with Crippen LogP contribution in [-0.2, 0) is 4.79 Å². The first kappa shape index (κ1) is 13.9. The van der Waals surface area contributed by atoms with Gasteiger partial charge < -0.3 is 5.11 Å². The Balaban J connectivity index is 2.47. The predicted octanol–water partition coefficient (Wildman–Crippen LogP) is 3.15. The van der Waals surface area contributed by atoms with Crippen molar-refractivity contribution < 1.29 is 14.3 Å². The lowest BCUT2D eigenvalue weighted by molar-refractivity contribution is -0.133. The van der Waals surface area contributed by atoms with E-state index in [0.29, 0.717) is 10.9 Å². The van der Waals surface area contributed by atoms with Crippen LogP contribution in [0.25, 0.3) is 5.69 Å². The first-order valence-corrected chi connectivity index (χ1v) is 6.70. The molecule has 0 saturated heterocycles. The van der Waals surface area contributed by atoms with Crippen LogP contribution >= 0.6 is 23.4 Å². The highest BCUT2D eigenvalue weighted by molar-refractivity contribution is 7.99. The molecule has 0 amide bonds. The summed E-state index contributed by atoms with van der Waals surface area (Å²) in [4.78, 5) is 14.8. The summed E-state index contributed by atoms with van der Waals surface area (Å²) in [6, 6.07) is 4.37.